The maximum absolute atomic E-state index is 11.9. The van der Waals surface area contributed by atoms with Crippen LogP contribution < -0.4 is 5.32 Å². The molecule has 0 aromatic carbocycles. The van der Waals surface area contributed by atoms with E-state index in [1.54, 1.807) is 6.92 Å². The van der Waals surface area contributed by atoms with Crippen LogP contribution in [0.4, 0.5) is 0 Å². The molecular formula is C14H20BNO6. The van der Waals surface area contributed by atoms with E-state index in [0.29, 0.717) is 6.54 Å². The van der Waals surface area contributed by atoms with Gasteiger partial charge in [0.2, 0.25) is 7.34 Å². The predicted molar refractivity (Wildman–Crippen MR) is 77.9 cm³/mol. The van der Waals surface area contributed by atoms with Crippen LogP contribution in [0.1, 0.15) is 19.8 Å². The standard InChI is InChI=1S/C14H20BNO6/c1-3-7-20-13-12(9(8-17)21-14(13)15)22-11(19)6-5-10(18)16-4-2/h1,9,12-14,17H,4-8H2,2H3,(H,16,18)/t9-,12?,13+,14-/m1/s1/i17D. The second-order valence-corrected chi connectivity index (χ2v) is 4.69. The van der Waals surface area contributed by atoms with Crippen LogP contribution in [-0.4, -0.2) is 70.3 Å². The highest BCUT2D eigenvalue weighted by molar-refractivity contribution is 6.11. The smallest absolute Gasteiger partial charge is 0.306 e. The molecular weight excluding hydrogens is 289 g/mol. The molecule has 1 saturated heterocycles. The number of aliphatic hydroxyl groups is 1. The van der Waals surface area contributed by atoms with Crippen LogP contribution in [0.15, 0.2) is 0 Å². The zero-order valence-corrected chi connectivity index (χ0v) is 12.4. The first-order valence-corrected chi connectivity index (χ1v) is 7.03. The Morgan fingerprint density at radius 2 is 2.27 bits per heavy atom. The summed E-state index contributed by atoms with van der Waals surface area (Å²) >= 11 is 0. The number of carbonyl (C=O) groups excluding carboxylic acids is 2. The van der Waals surface area contributed by atoms with Gasteiger partial charge in [-0.2, -0.15) is 0 Å². The van der Waals surface area contributed by atoms with Crippen LogP contribution >= 0.6 is 0 Å². The Hall–Kier alpha value is -1.56. The van der Waals surface area contributed by atoms with Crippen molar-refractivity contribution >= 4 is 19.7 Å². The average Bonchev–Trinajstić information content (AvgIpc) is 2.79. The summed E-state index contributed by atoms with van der Waals surface area (Å²) in [7, 11) is 5.78. The molecule has 120 valence electrons. The third kappa shape index (κ3) is 5.33. The number of aliphatic hydroxyl groups excluding tert-OH is 1. The molecule has 0 aromatic heterocycles. The first-order chi connectivity index (χ1) is 11.0. The molecule has 1 aliphatic heterocycles. The monoisotopic (exact) mass is 310 g/mol. The predicted octanol–water partition coefficient (Wildman–Crippen LogP) is -1.28. The normalized spacial score (nSPS) is 27.7. The fourth-order valence-electron chi connectivity index (χ4n) is 2.08. The first kappa shape index (κ1) is 16.8. The topological polar surface area (TPSA) is 94.1 Å². The van der Waals surface area contributed by atoms with E-state index in [1.165, 1.54) is 0 Å². The molecule has 1 aliphatic rings. The second-order valence-electron chi connectivity index (χ2n) is 4.69. The van der Waals surface area contributed by atoms with Gasteiger partial charge < -0.3 is 24.6 Å². The van der Waals surface area contributed by atoms with E-state index in [-0.39, 0.29) is 32.0 Å². The van der Waals surface area contributed by atoms with Gasteiger partial charge in [0.1, 0.15) is 26.7 Å². The molecule has 4 atom stereocenters. The number of amides is 1. The van der Waals surface area contributed by atoms with Gasteiger partial charge >= 0.3 is 5.97 Å². The first-order valence-electron chi connectivity index (χ1n) is 7.44. The van der Waals surface area contributed by atoms with Gasteiger partial charge in [0, 0.05) is 19.0 Å². The minimum atomic E-state index is -0.857. The van der Waals surface area contributed by atoms with Gasteiger partial charge in [-0.25, -0.2) is 0 Å². The lowest BCUT2D eigenvalue weighted by Gasteiger charge is -2.22. The van der Waals surface area contributed by atoms with Crippen LogP contribution in [0.3, 0.4) is 0 Å². The third-order valence-corrected chi connectivity index (χ3v) is 3.07. The van der Waals surface area contributed by atoms with E-state index in [4.69, 9.17) is 29.9 Å². The van der Waals surface area contributed by atoms with Gasteiger partial charge in [0.25, 0.3) is 0 Å². The summed E-state index contributed by atoms with van der Waals surface area (Å²) in [4.78, 5) is 23.3. The largest absolute Gasteiger partial charge is 0.457 e. The molecule has 0 aromatic rings. The van der Waals surface area contributed by atoms with Crippen LogP contribution in [0, 0.1) is 12.3 Å². The highest BCUT2D eigenvalue weighted by atomic mass is 16.6. The molecule has 22 heavy (non-hydrogen) atoms. The molecule has 2 radical (unpaired) electrons. The molecule has 1 amide bonds. The number of ether oxygens (including phenoxy) is 3. The van der Waals surface area contributed by atoms with E-state index in [2.05, 4.69) is 16.3 Å². The average molecular weight is 310 g/mol. The van der Waals surface area contributed by atoms with Crippen LogP contribution in [0.25, 0.3) is 0 Å². The van der Waals surface area contributed by atoms with E-state index in [0.717, 1.165) is 0 Å². The molecule has 8 heteroatoms. The van der Waals surface area contributed by atoms with E-state index < -0.39 is 30.3 Å². The summed E-state index contributed by atoms with van der Waals surface area (Å²) < 4.78 is 22.8. The Morgan fingerprint density at radius 1 is 1.50 bits per heavy atom. The van der Waals surface area contributed by atoms with Crippen LogP contribution in [-0.2, 0) is 23.8 Å². The van der Waals surface area contributed by atoms with Crippen molar-refractivity contribution in [3.63, 3.8) is 0 Å². The minimum absolute atomic E-state index is 0.0157. The zero-order valence-electron chi connectivity index (χ0n) is 13.4. The van der Waals surface area contributed by atoms with Gasteiger partial charge in [-0.05, 0) is 6.92 Å². The summed E-state index contributed by atoms with van der Waals surface area (Å²) in [5, 5.41) is 6.87. The van der Waals surface area contributed by atoms with Crippen molar-refractivity contribution in [1.29, 1.82) is 1.43 Å². The highest BCUT2D eigenvalue weighted by Gasteiger charge is 2.45. The minimum Gasteiger partial charge on any atom is -0.457 e. The van der Waals surface area contributed by atoms with Gasteiger partial charge in [0.15, 0.2) is 6.10 Å². The lowest BCUT2D eigenvalue weighted by Crippen LogP contribution is -2.40. The summed E-state index contributed by atoms with van der Waals surface area (Å²) in [5.41, 5.74) is 0. The summed E-state index contributed by atoms with van der Waals surface area (Å²) in [5.74, 6) is 1.46. The number of nitrogens with one attached hydrogen (secondary N) is 1. The molecule has 1 rings (SSSR count). The Balaban J connectivity index is 2.60. The molecule has 1 heterocycles. The number of rotatable bonds is 9. The fourth-order valence-corrected chi connectivity index (χ4v) is 2.08. The van der Waals surface area contributed by atoms with E-state index in [1.807, 2.05) is 0 Å². The van der Waals surface area contributed by atoms with Crippen molar-refractivity contribution in [2.24, 2.45) is 0 Å². The van der Waals surface area contributed by atoms with Crippen LogP contribution in [0.5, 0.6) is 0 Å². The van der Waals surface area contributed by atoms with Crippen molar-refractivity contribution in [2.45, 2.75) is 44.1 Å². The van der Waals surface area contributed by atoms with E-state index >= 15 is 0 Å². The Morgan fingerprint density at radius 3 is 2.91 bits per heavy atom. The van der Waals surface area contributed by atoms with Gasteiger partial charge in [-0.15, -0.1) is 6.42 Å². The van der Waals surface area contributed by atoms with Crippen molar-refractivity contribution < 1.29 is 28.9 Å². The second kappa shape index (κ2) is 9.46. The molecule has 2 N–H and O–H groups in total. The highest BCUT2D eigenvalue weighted by Crippen LogP contribution is 2.25. The van der Waals surface area contributed by atoms with Gasteiger partial charge in [-0.3, -0.25) is 9.59 Å². The lowest BCUT2D eigenvalue weighted by molar-refractivity contribution is -0.158. The number of hydrogen-bond donors (Lipinski definition) is 2. The van der Waals surface area contributed by atoms with Gasteiger partial charge in [0.05, 0.1) is 13.0 Å². The molecule has 1 fully saturated rings. The maximum Gasteiger partial charge on any atom is 0.306 e. The zero-order chi connectivity index (χ0) is 17.2. The number of esters is 1. The Labute approximate surface area is 132 Å². The molecule has 0 spiro atoms. The molecule has 0 bridgehead atoms. The number of carbonyl (C=O) groups is 2. The van der Waals surface area contributed by atoms with E-state index in [9.17, 15) is 9.59 Å². The molecule has 0 saturated carbocycles. The quantitative estimate of drug-likeness (QED) is 0.313. The van der Waals surface area contributed by atoms with Crippen LogP contribution in [0.2, 0.25) is 0 Å². The Bertz CT molecular complexity index is 443. The summed E-state index contributed by atoms with van der Waals surface area (Å²) in [6.45, 7) is 2.11. The molecule has 7 nitrogen and oxygen atoms in total. The number of terminal acetylenes is 1. The Kier molecular flexibility index (Phi) is 7.23. The van der Waals surface area contributed by atoms with Crippen molar-refractivity contribution in [1.82, 2.24) is 5.32 Å². The third-order valence-electron chi connectivity index (χ3n) is 3.07. The van der Waals surface area contributed by atoms with Gasteiger partial charge in [-0.1, -0.05) is 5.92 Å². The van der Waals surface area contributed by atoms with Crippen molar-refractivity contribution in [3.8, 4) is 12.3 Å². The van der Waals surface area contributed by atoms with Crippen molar-refractivity contribution in [2.75, 3.05) is 19.8 Å². The summed E-state index contributed by atoms with van der Waals surface area (Å²) in [6.07, 6.45) is 2.71. The van der Waals surface area contributed by atoms with Crippen molar-refractivity contribution in [3.05, 3.63) is 0 Å². The molecule has 1 unspecified atom stereocenters. The summed E-state index contributed by atoms with van der Waals surface area (Å²) in [6, 6.07) is -0.857. The fraction of sp³-hybridized carbons (Fsp3) is 0.714. The maximum atomic E-state index is 11.9. The molecule has 0 aliphatic carbocycles. The lowest BCUT2D eigenvalue weighted by atomic mass is 9.92. The number of hydrogen-bond acceptors (Lipinski definition) is 6. The SMILES string of the molecule is [2H]OC[C@H]1O[C@@H]([B])[C@@H](OCC#C)C1OC(=O)CCC(=O)NCC.